The number of benzene rings is 1. The Morgan fingerprint density at radius 3 is 2.50 bits per heavy atom. The van der Waals surface area contributed by atoms with E-state index in [0.717, 1.165) is 11.7 Å². The summed E-state index contributed by atoms with van der Waals surface area (Å²) >= 11 is 0. The van der Waals surface area contributed by atoms with Gasteiger partial charge in [-0.15, -0.1) is 0 Å². The summed E-state index contributed by atoms with van der Waals surface area (Å²) in [6.07, 6.45) is 1.23. The monoisotopic (exact) mass is 192 g/mol. The lowest BCUT2D eigenvalue weighted by Gasteiger charge is -2.14. The first-order chi connectivity index (χ1) is 6.63. The van der Waals surface area contributed by atoms with Crippen molar-refractivity contribution < 1.29 is 4.74 Å². The molecule has 0 aliphatic carbocycles. The fourth-order valence-electron chi connectivity index (χ4n) is 1.79. The molecule has 0 radical (unpaired) electrons. The highest BCUT2D eigenvalue weighted by Crippen LogP contribution is 2.25. The van der Waals surface area contributed by atoms with E-state index in [4.69, 9.17) is 4.74 Å². The standard InChI is InChI=1S/C13H20O/c1-10(2)8-11(3)12-6-5-7-13(9-12)14-4/h5-7,9-11H,8H2,1-4H3. The van der Waals surface area contributed by atoms with Gasteiger partial charge in [0.2, 0.25) is 0 Å². The lowest BCUT2D eigenvalue weighted by Crippen LogP contribution is -1.99. The van der Waals surface area contributed by atoms with Crippen LogP contribution in [0.3, 0.4) is 0 Å². The molecular formula is C13H20O. The van der Waals surface area contributed by atoms with E-state index < -0.39 is 0 Å². The lowest BCUT2D eigenvalue weighted by molar-refractivity contribution is 0.413. The first-order valence-corrected chi connectivity index (χ1v) is 5.27. The SMILES string of the molecule is COc1cccc(C(C)CC(C)C)c1. The van der Waals surface area contributed by atoms with Crippen LogP contribution < -0.4 is 4.74 Å². The Labute approximate surface area is 87.1 Å². The molecule has 0 amide bonds. The van der Waals surface area contributed by atoms with Gasteiger partial charge in [-0.3, -0.25) is 0 Å². The second-order valence-corrected chi connectivity index (χ2v) is 4.31. The van der Waals surface area contributed by atoms with Crippen LogP contribution in [0.1, 0.15) is 38.7 Å². The average molecular weight is 192 g/mol. The predicted octanol–water partition coefficient (Wildman–Crippen LogP) is 3.84. The van der Waals surface area contributed by atoms with Gasteiger partial charge in [-0.25, -0.2) is 0 Å². The fourth-order valence-corrected chi connectivity index (χ4v) is 1.79. The maximum Gasteiger partial charge on any atom is 0.119 e. The average Bonchev–Trinajstić information content (AvgIpc) is 2.17. The zero-order valence-corrected chi connectivity index (χ0v) is 9.58. The molecule has 1 rings (SSSR count). The molecule has 0 aromatic heterocycles. The maximum absolute atomic E-state index is 5.21. The van der Waals surface area contributed by atoms with E-state index in [1.54, 1.807) is 7.11 Å². The summed E-state index contributed by atoms with van der Waals surface area (Å²) in [5, 5.41) is 0. The molecule has 1 aromatic rings. The Kier molecular flexibility index (Phi) is 3.99. The molecule has 0 aliphatic heterocycles. The maximum atomic E-state index is 5.21. The van der Waals surface area contributed by atoms with Gasteiger partial charge in [0.25, 0.3) is 0 Å². The van der Waals surface area contributed by atoms with Gasteiger partial charge in [0, 0.05) is 0 Å². The van der Waals surface area contributed by atoms with Gasteiger partial charge < -0.3 is 4.74 Å². The smallest absolute Gasteiger partial charge is 0.119 e. The van der Waals surface area contributed by atoms with Crippen molar-refractivity contribution in [3.63, 3.8) is 0 Å². The minimum atomic E-state index is 0.616. The highest BCUT2D eigenvalue weighted by Gasteiger charge is 2.08. The third-order valence-corrected chi connectivity index (χ3v) is 2.49. The summed E-state index contributed by atoms with van der Waals surface area (Å²) in [5.41, 5.74) is 1.37. The normalized spacial score (nSPS) is 12.9. The molecule has 1 unspecified atom stereocenters. The van der Waals surface area contributed by atoms with Crippen LogP contribution in [0, 0.1) is 5.92 Å². The van der Waals surface area contributed by atoms with E-state index >= 15 is 0 Å². The van der Waals surface area contributed by atoms with Crippen LogP contribution in [-0.2, 0) is 0 Å². The third kappa shape index (κ3) is 3.06. The summed E-state index contributed by atoms with van der Waals surface area (Å²) in [5.74, 6) is 2.32. The van der Waals surface area contributed by atoms with Crippen LogP contribution in [0.25, 0.3) is 0 Å². The highest BCUT2D eigenvalue weighted by atomic mass is 16.5. The summed E-state index contributed by atoms with van der Waals surface area (Å²) < 4.78 is 5.21. The Balaban J connectivity index is 2.73. The molecule has 78 valence electrons. The van der Waals surface area contributed by atoms with E-state index in [0.29, 0.717) is 5.92 Å². The molecule has 0 saturated carbocycles. The van der Waals surface area contributed by atoms with Gasteiger partial charge in [0.1, 0.15) is 5.75 Å². The van der Waals surface area contributed by atoms with Crippen molar-refractivity contribution in [1.82, 2.24) is 0 Å². The molecule has 1 heteroatoms. The second kappa shape index (κ2) is 5.04. The van der Waals surface area contributed by atoms with Crippen molar-refractivity contribution in [3.8, 4) is 5.75 Å². The van der Waals surface area contributed by atoms with Crippen molar-refractivity contribution in [2.75, 3.05) is 7.11 Å². The lowest BCUT2D eigenvalue weighted by atomic mass is 9.92. The molecule has 14 heavy (non-hydrogen) atoms. The molecule has 0 aliphatic rings. The molecule has 1 nitrogen and oxygen atoms in total. The number of hydrogen-bond acceptors (Lipinski definition) is 1. The van der Waals surface area contributed by atoms with Crippen LogP contribution in [-0.4, -0.2) is 7.11 Å². The van der Waals surface area contributed by atoms with Crippen LogP contribution in [0.5, 0.6) is 5.75 Å². The first-order valence-electron chi connectivity index (χ1n) is 5.27. The second-order valence-electron chi connectivity index (χ2n) is 4.31. The molecule has 0 saturated heterocycles. The topological polar surface area (TPSA) is 9.23 Å². The van der Waals surface area contributed by atoms with Gasteiger partial charge in [0.15, 0.2) is 0 Å². The zero-order valence-electron chi connectivity index (χ0n) is 9.58. The quantitative estimate of drug-likeness (QED) is 0.704. The molecule has 0 bridgehead atoms. The molecular weight excluding hydrogens is 172 g/mol. The summed E-state index contributed by atoms with van der Waals surface area (Å²) in [7, 11) is 1.71. The van der Waals surface area contributed by atoms with E-state index in [9.17, 15) is 0 Å². The van der Waals surface area contributed by atoms with Gasteiger partial charge >= 0.3 is 0 Å². The van der Waals surface area contributed by atoms with Crippen LogP contribution in [0.15, 0.2) is 24.3 Å². The number of rotatable bonds is 4. The Morgan fingerprint density at radius 1 is 1.21 bits per heavy atom. The van der Waals surface area contributed by atoms with Crippen molar-refractivity contribution in [2.45, 2.75) is 33.1 Å². The van der Waals surface area contributed by atoms with Gasteiger partial charge in [0.05, 0.1) is 7.11 Å². The zero-order chi connectivity index (χ0) is 10.6. The van der Waals surface area contributed by atoms with Gasteiger partial charge in [-0.1, -0.05) is 32.9 Å². The number of hydrogen-bond donors (Lipinski definition) is 0. The Morgan fingerprint density at radius 2 is 1.93 bits per heavy atom. The number of ether oxygens (including phenoxy) is 1. The minimum Gasteiger partial charge on any atom is -0.497 e. The van der Waals surface area contributed by atoms with Crippen molar-refractivity contribution in [1.29, 1.82) is 0 Å². The Hall–Kier alpha value is -0.980. The van der Waals surface area contributed by atoms with Crippen molar-refractivity contribution in [2.24, 2.45) is 5.92 Å². The van der Waals surface area contributed by atoms with E-state index in [1.807, 2.05) is 6.07 Å². The first kappa shape index (κ1) is 11.1. The highest BCUT2D eigenvalue weighted by molar-refractivity contribution is 5.30. The summed E-state index contributed by atoms with van der Waals surface area (Å²) in [6.45, 7) is 6.79. The largest absolute Gasteiger partial charge is 0.497 e. The molecule has 1 aromatic carbocycles. The molecule has 1 atom stereocenters. The molecule has 0 fully saturated rings. The summed E-state index contributed by atoms with van der Waals surface area (Å²) in [6, 6.07) is 8.36. The van der Waals surface area contributed by atoms with Crippen molar-refractivity contribution in [3.05, 3.63) is 29.8 Å². The minimum absolute atomic E-state index is 0.616. The summed E-state index contributed by atoms with van der Waals surface area (Å²) in [4.78, 5) is 0. The third-order valence-electron chi connectivity index (χ3n) is 2.49. The molecule has 0 heterocycles. The van der Waals surface area contributed by atoms with Gasteiger partial charge in [-0.05, 0) is 36.0 Å². The van der Waals surface area contributed by atoms with E-state index in [2.05, 4.69) is 39.0 Å². The predicted molar refractivity (Wildman–Crippen MR) is 60.9 cm³/mol. The number of methoxy groups -OCH3 is 1. The van der Waals surface area contributed by atoms with Gasteiger partial charge in [-0.2, -0.15) is 0 Å². The van der Waals surface area contributed by atoms with E-state index in [1.165, 1.54) is 12.0 Å². The van der Waals surface area contributed by atoms with E-state index in [-0.39, 0.29) is 0 Å². The Bertz CT molecular complexity index is 278. The van der Waals surface area contributed by atoms with Crippen LogP contribution >= 0.6 is 0 Å². The molecule has 0 N–H and O–H groups in total. The molecule has 0 spiro atoms. The van der Waals surface area contributed by atoms with Crippen LogP contribution in [0.2, 0.25) is 0 Å². The fraction of sp³-hybridized carbons (Fsp3) is 0.538. The van der Waals surface area contributed by atoms with Crippen LogP contribution in [0.4, 0.5) is 0 Å². The van der Waals surface area contributed by atoms with Crippen molar-refractivity contribution >= 4 is 0 Å².